The van der Waals surface area contributed by atoms with Crippen molar-refractivity contribution >= 4 is 17.9 Å². The number of methoxy groups -OCH3 is 2. The van der Waals surface area contributed by atoms with Crippen LogP contribution in [0.15, 0.2) is 53.2 Å². The van der Waals surface area contributed by atoms with E-state index >= 15 is 0 Å². The van der Waals surface area contributed by atoms with Crippen molar-refractivity contribution in [1.82, 2.24) is 0 Å². The monoisotopic (exact) mass is 323 g/mol. The lowest BCUT2D eigenvalue weighted by molar-refractivity contribution is -0.129. The first-order chi connectivity index (χ1) is 11.6. The van der Waals surface area contributed by atoms with E-state index in [1.54, 1.807) is 38.5 Å². The number of hydrogen-bond donors (Lipinski definition) is 0. The largest absolute Gasteiger partial charge is 0.497 e. The highest BCUT2D eigenvalue weighted by molar-refractivity contribution is 6.12. The number of aryl methyl sites for hydroxylation is 1. The Kier molecular flexibility index (Phi) is 4.33. The average molecular weight is 323 g/mol. The Morgan fingerprint density at radius 2 is 1.79 bits per heavy atom. The second kappa shape index (κ2) is 6.58. The van der Waals surface area contributed by atoms with E-state index in [-0.39, 0.29) is 5.70 Å². The highest BCUT2D eigenvalue weighted by Crippen LogP contribution is 2.28. The molecule has 0 aromatic heterocycles. The van der Waals surface area contributed by atoms with Gasteiger partial charge in [-0.25, -0.2) is 9.79 Å². The molecule has 122 valence electrons. The van der Waals surface area contributed by atoms with Crippen molar-refractivity contribution in [2.45, 2.75) is 6.92 Å². The van der Waals surface area contributed by atoms with Crippen molar-refractivity contribution in [2.24, 2.45) is 4.99 Å². The van der Waals surface area contributed by atoms with Crippen LogP contribution in [0.5, 0.6) is 11.5 Å². The highest BCUT2D eigenvalue weighted by atomic mass is 16.6. The molecule has 0 spiro atoms. The van der Waals surface area contributed by atoms with Gasteiger partial charge in [-0.1, -0.05) is 17.7 Å². The molecule has 2 aromatic carbocycles. The molecule has 2 aromatic rings. The lowest BCUT2D eigenvalue weighted by Crippen LogP contribution is -2.05. The zero-order valence-corrected chi connectivity index (χ0v) is 13.7. The van der Waals surface area contributed by atoms with Gasteiger partial charge in [0.2, 0.25) is 5.90 Å². The molecule has 5 heteroatoms. The molecule has 0 atom stereocenters. The zero-order chi connectivity index (χ0) is 17.1. The molecular formula is C19H17NO4. The number of esters is 1. The summed E-state index contributed by atoms with van der Waals surface area (Å²) in [6.45, 7) is 1.99. The molecule has 1 heterocycles. The SMILES string of the molecule is COc1ccc(/C=C2/N=C(c3ccc(C)cc3)OC2=O)c(OC)c1. The van der Waals surface area contributed by atoms with Crippen LogP contribution in [0.25, 0.3) is 6.08 Å². The van der Waals surface area contributed by atoms with E-state index in [0.29, 0.717) is 17.4 Å². The van der Waals surface area contributed by atoms with Crippen molar-refractivity contribution < 1.29 is 19.0 Å². The summed E-state index contributed by atoms with van der Waals surface area (Å²) >= 11 is 0. The number of rotatable bonds is 4. The summed E-state index contributed by atoms with van der Waals surface area (Å²) in [5, 5.41) is 0. The van der Waals surface area contributed by atoms with Crippen molar-refractivity contribution in [3.8, 4) is 11.5 Å². The predicted octanol–water partition coefficient (Wildman–Crippen LogP) is 3.36. The Balaban J connectivity index is 1.95. The maximum atomic E-state index is 12.1. The average Bonchev–Trinajstić information content (AvgIpc) is 2.96. The van der Waals surface area contributed by atoms with Crippen LogP contribution in [0.2, 0.25) is 0 Å². The summed E-state index contributed by atoms with van der Waals surface area (Å²) in [5.41, 5.74) is 2.84. The Bertz CT molecular complexity index is 835. The van der Waals surface area contributed by atoms with Gasteiger partial charge in [-0.05, 0) is 37.3 Å². The van der Waals surface area contributed by atoms with Crippen molar-refractivity contribution in [3.05, 3.63) is 64.9 Å². The second-order valence-corrected chi connectivity index (χ2v) is 5.31. The third kappa shape index (κ3) is 3.15. The first kappa shape index (κ1) is 15.8. The Hall–Kier alpha value is -3.08. The fourth-order valence-corrected chi connectivity index (χ4v) is 2.31. The van der Waals surface area contributed by atoms with Crippen LogP contribution in [0.1, 0.15) is 16.7 Å². The molecule has 0 N–H and O–H groups in total. The minimum atomic E-state index is -0.483. The number of benzene rings is 2. The number of aliphatic imine (C=N–C) groups is 1. The molecule has 0 radical (unpaired) electrons. The number of hydrogen-bond acceptors (Lipinski definition) is 5. The van der Waals surface area contributed by atoms with Gasteiger partial charge in [-0.15, -0.1) is 0 Å². The van der Waals surface area contributed by atoms with Gasteiger partial charge in [-0.2, -0.15) is 0 Å². The van der Waals surface area contributed by atoms with Gasteiger partial charge >= 0.3 is 5.97 Å². The molecule has 0 saturated carbocycles. The van der Waals surface area contributed by atoms with E-state index in [2.05, 4.69) is 4.99 Å². The molecular weight excluding hydrogens is 306 g/mol. The van der Waals surface area contributed by atoms with Gasteiger partial charge in [-0.3, -0.25) is 0 Å². The third-order valence-corrected chi connectivity index (χ3v) is 3.65. The van der Waals surface area contributed by atoms with E-state index in [1.165, 1.54) is 0 Å². The molecule has 0 bridgehead atoms. The van der Waals surface area contributed by atoms with Gasteiger partial charge in [0.15, 0.2) is 5.70 Å². The molecule has 5 nitrogen and oxygen atoms in total. The summed E-state index contributed by atoms with van der Waals surface area (Å²) in [6, 6.07) is 13.0. The minimum Gasteiger partial charge on any atom is -0.497 e. The molecule has 1 aliphatic heterocycles. The van der Waals surface area contributed by atoms with Crippen molar-refractivity contribution in [1.29, 1.82) is 0 Å². The lowest BCUT2D eigenvalue weighted by atomic mass is 10.1. The summed E-state index contributed by atoms with van der Waals surface area (Å²) in [6.07, 6.45) is 1.64. The summed E-state index contributed by atoms with van der Waals surface area (Å²) in [7, 11) is 3.14. The molecule has 24 heavy (non-hydrogen) atoms. The number of cyclic esters (lactones) is 1. The molecule has 3 rings (SSSR count). The summed E-state index contributed by atoms with van der Waals surface area (Å²) in [4.78, 5) is 16.4. The van der Waals surface area contributed by atoms with E-state index in [9.17, 15) is 4.79 Å². The number of carbonyl (C=O) groups is 1. The molecule has 0 saturated heterocycles. The number of carbonyl (C=O) groups excluding carboxylic acids is 1. The van der Waals surface area contributed by atoms with Crippen LogP contribution in [0, 0.1) is 6.92 Å². The van der Waals surface area contributed by atoms with Crippen LogP contribution < -0.4 is 9.47 Å². The predicted molar refractivity (Wildman–Crippen MR) is 91.3 cm³/mol. The minimum absolute atomic E-state index is 0.231. The van der Waals surface area contributed by atoms with Crippen LogP contribution in [-0.2, 0) is 9.53 Å². The Morgan fingerprint density at radius 1 is 1.04 bits per heavy atom. The molecule has 0 unspecified atom stereocenters. The lowest BCUT2D eigenvalue weighted by Gasteiger charge is -2.07. The van der Waals surface area contributed by atoms with Gasteiger partial charge < -0.3 is 14.2 Å². The van der Waals surface area contributed by atoms with E-state index in [0.717, 1.165) is 16.7 Å². The Labute approximate surface area is 140 Å². The van der Waals surface area contributed by atoms with Crippen LogP contribution in [0.4, 0.5) is 0 Å². The second-order valence-electron chi connectivity index (χ2n) is 5.31. The number of ether oxygens (including phenoxy) is 3. The quantitative estimate of drug-likeness (QED) is 0.639. The van der Waals surface area contributed by atoms with E-state index < -0.39 is 5.97 Å². The molecule has 1 aliphatic rings. The van der Waals surface area contributed by atoms with E-state index in [1.807, 2.05) is 31.2 Å². The molecule has 0 amide bonds. The van der Waals surface area contributed by atoms with E-state index in [4.69, 9.17) is 14.2 Å². The van der Waals surface area contributed by atoms with Crippen molar-refractivity contribution in [2.75, 3.05) is 14.2 Å². The molecule has 0 fully saturated rings. The van der Waals surface area contributed by atoms with Gasteiger partial charge in [0, 0.05) is 17.2 Å². The molecule has 0 aliphatic carbocycles. The highest BCUT2D eigenvalue weighted by Gasteiger charge is 2.24. The number of nitrogens with zero attached hydrogens (tertiary/aromatic N) is 1. The third-order valence-electron chi connectivity index (χ3n) is 3.65. The first-order valence-corrected chi connectivity index (χ1v) is 7.42. The topological polar surface area (TPSA) is 57.1 Å². The Morgan fingerprint density at radius 3 is 2.46 bits per heavy atom. The zero-order valence-electron chi connectivity index (χ0n) is 13.7. The van der Waals surface area contributed by atoms with Gasteiger partial charge in [0.25, 0.3) is 0 Å². The first-order valence-electron chi connectivity index (χ1n) is 7.42. The maximum Gasteiger partial charge on any atom is 0.363 e. The van der Waals surface area contributed by atoms with Crippen LogP contribution in [-0.4, -0.2) is 26.1 Å². The standard InChI is InChI=1S/C19H17NO4/c1-12-4-6-13(7-5-12)18-20-16(19(21)24-18)10-14-8-9-15(22-2)11-17(14)23-3/h4-11H,1-3H3/b16-10+. The van der Waals surface area contributed by atoms with Crippen LogP contribution >= 0.6 is 0 Å². The maximum absolute atomic E-state index is 12.1. The fourth-order valence-electron chi connectivity index (χ4n) is 2.31. The van der Waals surface area contributed by atoms with Crippen LogP contribution in [0.3, 0.4) is 0 Å². The normalized spacial score (nSPS) is 15.2. The van der Waals surface area contributed by atoms with Gasteiger partial charge in [0.05, 0.1) is 14.2 Å². The van der Waals surface area contributed by atoms with Gasteiger partial charge in [0.1, 0.15) is 11.5 Å². The summed E-state index contributed by atoms with van der Waals surface area (Å²) in [5.74, 6) is 1.09. The summed E-state index contributed by atoms with van der Waals surface area (Å²) < 4.78 is 15.8. The van der Waals surface area contributed by atoms with Crippen molar-refractivity contribution in [3.63, 3.8) is 0 Å². The fraction of sp³-hybridized carbons (Fsp3) is 0.158. The smallest absolute Gasteiger partial charge is 0.363 e.